The van der Waals surface area contributed by atoms with Gasteiger partial charge in [-0.3, -0.25) is 0 Å². The van der Waals surface area contributed by atoms with Crippen LogP contribution >= 0.6 is 11.6 Å². The summed E-state index contributed by atoms with van der Waals surface area (Å²) in [5.74, 6) is 0.307. The van der Waals surface area contributed by atoms with E-state index in [-0.39, 0.29) is 12.4 Å². The first kappa shape index (κ1) is 14.9. The minimum absolute atomic E-state index is 0.260. The van der Waals surface area contributed by atoms with Gasteiger partial charge in [0.05, 0.1) is 19.7 Å². The van der Waals surface area contributed by atoms with Gasteiger partial charge in [0.15, 0.2) is 5.82 Å². The Balaban J connectivity index is 1.96. The van der Waals surface area contributed by atoms with Crippen LogP contribution in [0.5, 0.6) is 0 Å². The fourth-order valence-corrected chi connectivity index (χ4v) is 1.93. The summed E-state index contributed by atoms with van der Waals surface area (Å²) >= 11 is 5.98. The molecule has 0 unspecified atom stereocenters. The molecule has 5 nitrogen and oxygen atoms in total. The van der Waals surface area contributed by atoms with E-state index in [0.29, 0.717) is 29.6 Å². The predicted octanol–water partition coefficient (Wildman–Crippen LogP) is 1.85. The maximum Gasteiger partial charge on any atom is 0.164 e. The highest BCUT2D eigenvalue weighted by molar-refractivity contribution is 6.31. The molecule has 0 saturated carbocycles. The fourth-order valence-electron chi connectivity index (χ4n) is 1.71. The van der Waals surface area contributed by atoms with Gasteiger partial charge in [0.25, 0.3) is 0 Å². The monoisotopic (exact) mass is 298 g/mol. The summed E-state index contributed by atoms with van der Waals surface area (Å²) in [5.41, 5.74) is 0.415. The smallest absolute Gasteiger partial charge is 0.164 e. The van der Waals surface area contributed by atoms with Crippen molar-refractivity contribution in [1.29, 1.82) is 0 Å². The zero-order valence-corrected chi connectivity index (χ0v) is 11.9. The number of benzene rings is 1. The molecule has 1 aromatic carbocycles. The predicted molar refractivity (Wildman–Crippen MR) is 74.1 cm³/mol. The fraction of sp³-hybridized carbons (Fsp3) is 0.385. The molecule has 2 aromatic rings. The summed E-state index contributed by atoms with van der Waals surface area (Å²) < 4.78 is 20.2. The van der Waals surface area contributed by atoms with Crippen molar-refractivity contribution < 1.29 is 9.13 Å². The molecule has 1 heterocycles. The third kappa shape index (κ3) is 4.00. The van der Waals surface area contributed by atoms with Crippen molar-refractivity contribution >= 4 is 11.6 Å². The van der Waals surface area contributed by atoms with Crippen LogP contribution in [0.1, 0.15) is 11.4 Å². The Morgan fingerprint density at radius 3 is 3.05 bits per heavy atom. The van der Waals surface area contributed by atoms with E-state index in [1.54, 1.807) is 30.3 Å². The third-order valence-electron chi connectivity index (χ3n) is 2.73. The van der Waals surface area contributed by atoms with E-state index in [4.69, 9.17) is 16.3 Å². The van der Waals surface area contributed by atoms with Crippen molar-refractivity contribution in [2.45, 2.75) is 13.1 Å². The summed E-state index contributed by atoms with van der Waals surface area (Å²) in [6.45, 7) is 2.16. The van der Waals surface area contributed by atoms with Gasteiger partial charge < -0.3 is 10.1 Å². The Kier molecular flexibility index (Phi) is 5.46. The van der Waals surface area contributed by atoms with E-state index in [0.717, 1.165) is 6.54 Å². The van der Waals surface area contributed by atoms with Crippen LogP contribution in [0, 0.1) is 5.82 Å². The molecule has 0 radical (unpaired) electrons. The van der Waals surface area contributed by atoms with E-state index in [9.17, 15) is 4.39 Å². The Hall–Kier alpha value is -1.50. The van der Waals surface area contributed by atoms with Crippen LogP contribution < -0.4 is 5.32 Å². The van der Waals surface area contributed by atoms with Crippen molar-refractivity contribution in [2.24, 2.45) is 0 Å². The van der Waals surface area contributed by atoms with Crippen LogP contribution in [0.4, 0.5) is 4.39 Å². The van der Waals surface area contributed by atoms with Crippen molar-refractivity contribution in [2.75, 3.05) is 20.3 Å². The Bertz CT molecular complexity index is 541. The summed E-state index contributed by atoms with van der Waals surface area (Å²) in [5, 5.41) is 7.79. The lowest BCUT2D eigenvalue weighted by molar-refractivity contribution is 0.199. The number of ether oxygens (including phenoxy) is 1. The third-order valence-corrected chi connectivity index (χ3v) is 3.09. The Labute approximate surface area is 121 Å². The van der Waals surface area contributed by atoms with E-state index >= 15 is 0 Å². The second-order valence-electron chi connectivity index (χ2n) is 4.23. The van der Waals surface area contributed by atoms with Crippen molar-refractivity contribution in [3.05, 3.63) is 46.8 Å². The second-order valence-corrected chi connectivity index (χ2v) is 4.64. The zero-order valence-electron chi connectivity index (χ0n) is 11.1. The van der Waals surface area contributed by atoms with Crippen LogP contribution in [0.15, 0.2) is 24.5 Å². The molecule has 7 heteroatoms. The lowest BCUT2D eigenvalue weighted by Crippen LogP contribution is -2.19. The van der Waals surface area contributed by atoms with Crippen molar-refractivity contribution in [1.82, 2.24) is 20.1 Å². The maximum absolute atomic E-state index is 13.7. The van der Waals surface area contributed by atoms with Crippen LogP contribution in [0.2, 0.25) is 5.02 Å². The van der Waals surface area contributed by atoms with Gasteiger partial charge in [-0.05, 0) is 12.1 Å². The average Bonchev–Trinajstić information content (AvgIpc) is 2.87. The molecule has 0 bridgehead atoms. The largest absolute Gasteiger partial charge is 0.383 e. The first-order valence-electron chi connectivity index (χ1n) is 6.21. The van der Waals surface area contributed by atoms with Gasteiger partial charge in [0.2, 0.25) is 0 Å². The topological polar surface area (TPSA) is 52.0 Å². The molecule has 0 aliphatic carbocycles. The van der Waals surface area contributed by atoms with Crippen LogP contribution in [0.3, 0.4) is 0 Å². The SMILES string of the molecule is COCCNCc1ncn(Cc2c(F)cccc2Cl)n1. The van der Waals surface area contributed by atoms with Gasteiger partial charge >= 0.3 is 0 Å². The normalized spacial score (nSPS) is 10.9. The van der Waals surface area contributed by atoms with E-state index < -0.39 is 0 Å². The van der Waals surface area contributed by atoms with Crippen LogP contribution in [0.25, 0.3) is 0 Å². The zero-order chi connectivity index (χ0) is 14.4. The molecule has 2 rings (SSSR count). The van der Waals surface area contributed by atoms with Gasteiger partial charge in [0, 0.05) is 24.2 Å². The molecule has 0 atom stereocenters. The molecule has 0 saturated heterocycles. The van der Waals surface area contributed by atoms with E-state index in [2.05, 4.69) is 15.4 Å². The lowest BCUT2D eigenvalue weighted by atomic mass is 10.2. The number of nitrogens with zero attached hydrogens (tertiary/aromatic N) is 3. The minimum Gasteiger partial charge on any atom is -0.383 e. The van der Waals surface area contributed by atoms with Gasteiger partial charge in [0.1, 0.15) is 12.1 Å². The number of rotatable bonds is 7. The van der Waals surface area contributed by atoms with Crippen LogP contribution in [-0.4, -0.2) is 35.0 Å². The van der Waals surface area contributed by atoms with Gasteiger partial charge in [-0.1, -0.05) is 17.7 Å². The maximum atomic E-state index is 13.7. The van der Waals surface area contributed by atoms with Crippen molar-refractivity contribution in [3.8, 4) is 0 Å². The van der Waals surface area contributed by atoms with Gasteiger partial charge in [-0.25, -0.2) is 14.1 Å². The van der Waals surface area contributed by atoms with E-state index in [1.807, 2.05) is 0 Å². The Morgan fingerprint density at radius 1 is 1.45 bits per heavy atom. The van der Waals surface area contributed by atoms with Crippen molar-refractivity contribution in [3.63, 3.8) is 0 Å². The standard InChI is InChI=1S/C13H16ClFN4O/c1-20-6-5-16-7-13-17-9-19(18-13)8-10-11(14)3-2-4-12(10)15/h2-4,9,16H,5-8H2,1H3. The molecule has 0 fully saturated rings. The lowest BCUT2D eigenvalue weighted by Gasteiger charge is -2.05. The second kappa shape index (κ2) is 7.33. The highest BCUT2D eigenvalue weighted by Gasteiger charge is 2.09. The number of hydrogen-bond acceptors (Lipinski definition) is 4. The Morgan fingerprint density at radius 2 is 2.30 bits per heavy atom. The summed E-state index contributed by atoms with van der Waals surface area (Å²) in [4.78, 5) is 4.15. The van der Waals surface area contributed by atoms with Gasteiger partial charge in [-0.15, -0.1) is 0 Å². The molecule has 108 valence electrons. The number of methoxy groups -OCH3 is 1. The molecule has 0 spiro atoms. The molecule has 0 aliphatic rings. The molecule has 20 heavy (non-hydrogen) atoms. The highest BCUT2D eigenvalue weighted by atomic mass is 35.5. The quantitative estimate of drug-likeness (QED) is 0.793. The van der Waals surface area contributed by atoms with Gasteiger partial charge in [-0.2, -0.15) is 5.10 Å². The number of nitrogens with one attached hydrogen (secondary N) is 1. The molecular weight excluding hydrogens is 283 g/mol. The summed E-state index contributed by atoms with van der Waals surface area (Å²) in [7, 11) is 1.65. The molecule has 0 aliphatic heterocycles. The number of hydrogen-bond donors (Lipinski definition) is 1. The average molecular weight is 299 g/mol. The van der Waals surface area contributed by atoms with Crippen LogP contribution in [-0.2, 0) is 17.8 Å². The highest BCUT2D eigenvalue weighted by Crippen LogP contribution is 2.19. The summed E-state index contributed by atoms with van der Waals surface area (Å²) in [6, 6.07) is 4.61. The number of aromatic nitrogens is 3. The minimum atomic E-state index is -0.340. The first-order chi connectivity index (χ1) is 9.70. The molecular formula is C13H16ClFN4O. The molecule has 0 amide bonds. The molecule has 1 aromatic heterocycles. The van der Waals surface area contributed by atoms with E-state index in [1.165, 1.54) is 6.07 Å². The molecule has 1 N–H and O–H groups in total. The number of halogens is 2. The first-order valence-corrected chi connectivity index (χ1v) is 6.59. The summed E-state index contributed by atoms with van der Waals surface area (Å²) in [6.07, 6.45) is 1.57.